The van der Waals surface area contributed by atoms with E-state index in [-0.39, 0.29) is 11.7 Å². The Kier molecular flexibility index (Phi) is 3.99. The molecule has 2 aromatic rings. The number of anilines is 1. The van der Waals surface area contributed by atoms with E-state index in [9.17, 15) is 4.39 Å². The van der Waals surface area contributed by atoms with E-state index in [1.807, 2.05) is 13.8 Å². The minimum atomic E-state index is -0.265. The van der Waals surface area contributed by atoms with Gasteiger partial charge in [0.25, 0.3) is 0 Å². The van der Waals surface area contributed by atoms with Gasteiger partial charge < -0.3 is 5.43 Å². The quantitative estimate of drug-likeness (QED) is 0.665. The summed E-state index contributed by atoms with van der Waals surface area (Å²) in [6, 6.07) is 4.57. The van der Waals surface area contributed by atoms with E-state index >= 15 is 0 Å². The number of nitrogens with zero attached hydrogens (tertiary/aromatic N) is 2. The second kappa shape index (κ2) is 5.54. The fourth-order valence-electron chi connectivity index (χ4n) is 2.38. The van der Waals surface area contributed by atoms with Crippen molar-refractivity contribution < 1.29 is 4.39 Å². The number of nitrogens with one attached hydrogen (secondary N) is 1. The van der Waals surface area contributed by atoms with Crippen LogP contribution in [0, 0.1) is 19.7 Å². The molecule has 106 valence electrons. The van der Waals surface area contributed by atoms with Crippen LogP contribution in [0.15, 0.2) is 18.2 Å². The summed E-state index contributed by atoms with van der Waals surface area (Å²) in [5.41, 5.74) is 6.11. The summed E-state index contributed by atoms with van der Waals surface area (Å²) < 4.78 is 13.2. The third-order valence-corrected chi connectivity index (χ3v) is 3.28. The number of aryl methyl sites for hydroxylation is 2. The van der Waals surface area contributed by atoms with Crippen LogP contribution in [0.4, 0.5) is 10.2 Å². The molecule has 0 unspecified atom stereocenters. The van der Waals surface area contributed by atoms with Crippen molar-refractivity contribution in [1.82, 2.24) is 9.97 Å². The van der Waals surface area contributed by atoms with Crippen LogP contribution in [0.25, 0.3) is 11.4 Å². The molecule has 20 heavy (non-hydrogen) atoms. The summed E-state index contributed by atoms with van der Waals surface area (Å²) in [4.78, 5) is 9.00. The molecule has 0 amide bonds. The Balaban J connectivity index is 2.61. The van der Waals surface area contributed by atoms with Crippen LogP contribution in [0.3, 0.4) is 0 Å². The van der Waals surface area contributed by atoms with Gasteiger partial charge in [0.15, 0.2) is 5.82 Å². The molecule has 1 aromatic heterocycles. The fourth-order valence-corrected chi connectivity index (χ4v) is 2.38. The zero-order chi connectivity index (χ0) is 14.9. The van der Waals surface area contributed by atoms with Gasteiger partial charge in [-0.15, -0.1) is 0 Å². The number of nitrogens with two attached hydrogens (primary N) is 1. The van der Waals surface area contributed by atoms with Gasteiger partial charge in [-0.25, -0.2) is 20.2 Å². The van der Waals surface area contributed by atoms with Crippen molar-refractivity contribution in [3.63, 3.8) is 0 Å². The van der Waals surface area contributed by atoms with Crippen molar-refractivity contribution in [3.8, 4) is 11.4 Å². The lowest BCUT2D eigenvalue weighted by Gasteiger charge is -2.16. The predicted octanol–water partition coefficient (Wildman–Crippen LogP) is 3.31. The van der Waals surface area contributed by atoms with E-state index in [1.54, 1.807) is 6.07 Å². The maximum atomic E-state index is 13.2. The molecular formula is C15H19FN4. The molecule has 5 heteroatoms. The van der Waals surface area contributed by atoms with E-state index in [1.165, 1.54) is 12.1 Å². The Morgan fingerprint density at radius 3 is 2.45 bits per heavy atom. The predicted molar refractivity (Wildman–Crippen MR) is 78.8 cm³/mol. The number of aromatic nitrogens is 2. The van der Waals surface area contributed by atoms with Crippen LogP contribution >= 0.6 is 0 Å². The maximum Gasteiger partial charge on any atom is 0.162 e. The minimum absolute atomic E-state index is 0.265. The minimum Gasteiger partial charge on any atom is -0.308 e. The normalized spacial score (nSPS) is 10.9. The van der Waals surface area contributed by atoms with E-state index < -0.39 is 0 Å². The van der Waals surface area contributed by atoms with Gasteiger partial charge >= 0.3 is 0 Å². The lowest BCUT2D eigenvalue weighted by Crippen LogP contribution is -2.14. The van der Waals surface area contributed by atoms with Gasteiger partial charge in [0, 0.05) is 16.8 Å². The molecule has 0 spiro atoms. The first-order chi connectivity index (χ1) is 9.43. The molecule has 1 heterocycles. The van der Waals surface area contributed by atoms with E-state index in [2.05, 4.69) is 29.2 Å². The van der Waals surface area contributed by atoms with Crippen molar-refractivity contribution in [2.24, 2.45) is 5.84 Å². The smallest absolute Gasteiger partial charge is 0.162 e. The Morgan fingerprint density at radius 2 is 1.90 bits per heavy atom. The monoisotopic (exact) mass is 274 g/mol. The van der Waals surface area contributed by atoms with Gasteiger partial charge in [0.1, 0.15) is 11.6 Å². The van der Waals surface area contributed by atoms with Crippen molar-refractivity contribution in [3.05, 3.63) is 40.8 Å². The fraction of sp³-hybridized carbons (Fsp3) is 0.333. The number of hydrogen-bond acceptors (Lipinski definition) is 4. The van der Waals surface area contributed by atoms with E-state index in [0.29, 0.717) is 11.6 Å². The Morgan fingerprint density at radius 1 is 1.20 bits per heavy atom. The molecule has 0 radical (unpaired) electrons. The number of nitrogen functional groups attached to an aromatic ring is 1. The van der Waals surface area contributed by atoms with Crippen molar-refractivity contribution in [2.75, 3.05) is 5.43 Å². The summed E-state index contributed by atoms with van der Waals surface area (Å²) in [6.07, 6.45) is 0. The molecule has 0 atom stereocenters. The van der Waals surface area contributed by atoms with Crippen molar-refractivity contribution in [1.29, 1.82) is 0 Å². The molecular weight excluding hydrogens is 255 g/mol. The third kappa shape index (κ3) is 2.63. The van der Waals surface area contributed by atoms with Crippen LogP contribution in [-0.4, -0.2) is 9.97 Å². The zero-order valence-corrected chi connectivity index (χ0v) is 12.2. The highest BCUT2D eigenvalue weighted by Crippen LogP contribution is 2.28. The van der Waals surface area contributed by atoms with Gasteiger partial charge in [0.05, 0.1) is 0 Å². The topological polar surface area (TPSA) is 63.8 Å². The van der Waals surface area contributed by atoms with Gasteiger partial charge in [-0.1, -0.05) is 13.8 Å². The molecule has 4 nitrogen and oxygen atoms in total. The molecule has 0 saturated heterocycles. The lowest BCUT2D eigenvalue weighted by atomic mass is 10.0. The summed E-state index contributed by atoms with van der Waals surface area (Å²) in [7, 11) is 0. The highest BCUT2D eigenvalue weighted by Gasteiger charge is 2.16. The molecule has 3 N–H and O–H groups in total. The average molecular weight is 274 g/mol. The van der Waals surface area contributed by atoms with Crippen molar-refractivity contribution >= 4 is 5.82 Å². The first-order valence-corrected chi connectivity index (χ1v) is 6.55. The number of benzene rings is 1. The molecule has 0 aliphatic carbocycles. The summed E-state index contributed by atoms with van der Waals surface area (Å²) in [6.45, 7) is 7.90. The van der Waals surface area contributed by atoms with Crippen molar-refractivity contribution in [2.45, 2.75) is 33.6 Å². The first kappa shape index (κ1) is 14.4. The average Bonchev–Trinajstić information content (AvgIpc) is 2.37. The molecule has 0 aliphatic rings. The van der Waals surface area contributed by atoms with Crippen LogP contribution in [0.2, 0.25) is 0 Å². The van der Waals surface area contributed by atoms with Crippen LogP contribution in [0.5, 0.6) is 0 Å². The van der Waals surface area contributed by atoms with Gasteiger partial charge in [-0.05, 0) is 43.5 Å². The van der Waals surface area contributed by atoms with Gasteiger partial charge in [0.2, 0.25) is 0 Å². The Hall–Kier alpha value is -2.01. The standard InChI is InChI=1S/C15H19FN4/c1-8(2)13-10(4)18-14(19-15(13)20-17)12-6-5-11(16)7-9(12)3/h5-8H,17H2,1-4H3,(H,18,19,20). The van der Waals surface area contributed by atoms with E-state index in [0.717, 1.165) is 22.4 Å². The zero-order valence-electron chi connectivity index (χ0n) is 12.2. The molecule has 0 aliphatic heterocycles. The van der Waals surface area contributed by atoms with Gasteiger partial charge in [-0.3, -0.25) is 0 Å². The Labute approximate surface area is 118 Å². The SMILES string of the molecule is Cc1cc(F)ccc1-c1nc(C)c(C(C)C)c(NN)n1. The highest BCUT2D eigenvalue weighted by molar-refractivity contribution is 5.63. The highest BCUT2D eigenvalue weighted by atomic mass is 19.1. The molecule has 0 fully saturated rings. The number of rotatable bonds is 3. The second-order valence-corrected chi connectivity index (χ2v) is 5.15. The van der Waals surface area contributed by atoms with Crippen LogP contribution in [-0.2, 0) is 0 Å². The molecule has 1 aromatic carbocycles. The third-order valence-electron chi connectivity index (χ3n) is 3.28. The first-order valence-electron chi connectivity index (χ1n) is 6.55. The lowest BCUT2D eigenvalue weighted by molar-refractivity contribution is 0.627. The Bertz CT molecular complexity index is 638. The van der Waals surface area contributed by atoms with Crippen LogP contribution < -0.4 is 11.3 Å². The summed E-state index contributed by atoms with van der Waals surface area (Å²) in [5, 5.41) is 0. The summed E-state index contributed by atoms with van der Waals surface area (Å²) >= 11 is 0. The molecule has 0 saturated carbocycles. The second-order valence-electron chi connectivity index (χ2n) is 5.15. The largest absolute Gasteiger partial charge is 0.308 e. The molecule has 0 bridgehead atoms. The number of hydrazine groups is 1. The molecule has 2 rings (SSSR count). The van der Waals surface area contributed by atoms with Crippen LogP contribution in [0.1, 0.15) is 36.6 Å². The number of hydrogen-bond donors (Lipinski definition) is 2. The van der Waals surface area contributed by atoms with E-state index in [4.69, 9.17) is 5.84 Å². The number of halogens is 1. The summed E-state index contributed by atoms with van der Waals surface area (Å²) in [5.74, 6) is 6.74. The van der Waals surface area contributed by atoms with Gasteiger partial charge in [-0.2, -0.15) is 0 Å². The maximum absolute atomic E-state index is 13.2.